The molecule has 5 heteroatoms. The molecule has 2 aliphatic heterocycles. The molecule has 0 atom stereocenters. The second-order valence-electron chi connectivity index (χ2n) is 5.38. The smallest absolute Gasteiger partial charge is 0.153 e. The fraction of sp³-hybridized carbons (Fsp3) is 0.235. The van der Waals surface area contributed by atoms with Crippen LogP contribution in [0, 0.1) is 0 Å². The van der Waals surface area contributed by atoms with E-state index in [1.54, 1.807) is 0 Å². The van der Waals surface area contributed by atoms with E-state index in [2.05, 4.69) is 10.2 Å². The SMILES string of the molecule is Clc1ccc2c(c1)Oc1ccccc1N=C2N1CCNCC1. The molecule has 4 nitrogen and oxygen atoms in total. The molecular weight excluding hydrogens is 298 g/mol. The van der Waals surface area contributed by atoms with E-state index in [1.807, 2.05) is 42.5 Å². The summed E-state index contributed by atoms with van der Waals surface area (Å²) < 4.78 is 6.06. The van der Waals surface area contributed by atoms with Gasteiger partial charge in [-0.05, 0) is 24.3 Å². The van der Waals surface area contributed by atoms with Gasteiger partial charge >= 0.3 is 0 Å². The third kappa shape index (κ3) is 2.45. The van der Waals surface area contributed by atoms with Crippen molar-refractivity contribution < 1.29 is 4.74 Å². The molecule has 2 aromatic rings. The predicted octanol–water partition coefficient (Wildman–Crippen LogP) is 3.43. The van der Waals surface area contributed by atoms with Gasteiger partial charge < -0.3 is 15.0 Å². The van der Waals surface area contributed by atoms with Crippen molar-refractivity contribution in [1.82, 2.24) is 10.2 Å². The van der Waals surface area contributed by atoms with Crippen molar-refractivity contribution in [1.29, 1.82) is 0 Å². The predicted molar refractivity (Wildman–Crippen MR) is 88.6 cm³/mol. The number of halogens is 1. The van der Waals surface area contributed by atoms with Gasteiger partial charge in [0.15, 0.2) is 5.75 Å². The Morgan fingerprint density at radius 1 is 1.05 bits per heavy atom. The first-order valence-electron chi connectivity index (χ1n) is 7.42. The molecule has 0 saturated carbocycles. The molecule has 0 amide bonds. The number of benzene rings is 2. The first-order chi connectivity index (χ1) is 10.8. The first-order valence-corrected chi connectivity index (χ1v) is 7.80. The van der Waals surface area contributed by atoms with Crippen molar-refractivity contribution in [2.45, 2.75) is 0 Å². The number of nitrogens with zero attached hydrogens (tertiary/aromatic N) is 2. The van der Waals surface area contributed by atoms with Crippen LogP contribution in [0.25, 0.3) is 0 Å². The van der Waals surface area contributed by atoms with Gasteiger partial charge in [-0.15, -0.1) is 0 Å². The molecule has 0 bridgehead atoms. The van der Waals surface area contributed by atoms with Crippen LogP contribution in [0.1, 0.15) is 5.56 Å². The van der Waals surface area contributed by atoms with E-state index >= 15 is 0 Å². The Balaban J connectivity index is 1.88. The third-order valence-electron chi connectivity index (χ3n) is 3.91. The number of aliphatic imine (C=N–C) groups is 1. The van der Waals surface area contributed by atoms with Crippen LogP contribution in [-0.2, 0) is 0 Å². The Kier molecular flexibility index (Phi) is 3.48. The molecule has 2 heterocycles. The van der Waals surface area contributed by atoms with Crippen molar-refractivity contribution in [3.05, 3.63) is 53.1 Å². The van der Waals surface area contributed by atoms with Gasteiger partial charge in [-0.3, -0.25) is 0 Å². The van der Waals surface area contributed by atoms with Crippen LogP contribution in [0.5, 0.6) is 11.5 Å². The van der Waals surface area contributed by atoms with Gasteiger partial charge in [-0.1, -0.05) is 23.7 Å². The van der Waals surface area contributed by atoms with E-state index in [-0.39, 0.29) is 0 Å². The maximum atomic E-state index is 6.15. The molecule has 1 N–H and O–H groups in total. The second kappa shape index (κ2) is 5.63. The van der Waals surface area contributed by atoms with Gasteiger partial charge in [0.25, 0.3) is 0 Å². The molecule has 0 radical (unpaired) electrons. The van der Waals surface area contributed by atoms with Crippen molar-refractivity contribution in [2.24, 2.45) is 4.99 Å². The van der Waals surface area contributed by atoms with Crippen LogP contribution in [0.2, 0.25) is 5.02 Å². The second-order valence-corrected chi connectivity index (χ2v) is 5.82. The van der Waals surface area contributed by atoms with E-state index in [0.717, 1.165) is 54.8 Å². The molecule has 4 rings (SSSR count). The molecule has 1 saturated heterocycles. The standard InChI is InChI=1S/C17H16ClN3O/c18-12-5-6-13-16(11-12)22-15-4-2-1-3-14(15)20-17(13)21-9-7-19-8-10-21/h1-6,11,19H,7-10H2. The van der Waals surface area contributed by atoms with Crippen LogP contribution < -0.4 is 10.1 Å². The average Bonchev–Trinajstić information content (AvgIpc) is 2.71. The molecule has 0 aromatic heterocycles. The maximum absolute atomic E-state index is 6.15. The number of rotatable bonds is 0. The highest BCUT2D eigenvalue weighted by Gasteiger charge is 2.23. The van der Waals surface area contributed by atoms with Crippen molar-refractivity contribution in [3.8, 4) is 11.5 Å². The number of ether oxygens (including phenoxy) is 1. The molecular formula is C17H16ClN3O. The highest BCUT2D eigenvalue weighted by molar-refractivity contribution is 6.31. The summed E-state index contributed by atoms with van der Waals surface area (Å²) in [5.41, 5.74) is 1.84. The van der Waals surface area contributed by atoms with Crippen LogP contribution in [0.3, 0.4) is 0 Å². The van der Waals surface area contributed by atoms with Crippen LogP contribution >= 0.6 is 11.6 Å². The molecule has 22 heavy (non-hydrogen) atoms. The molecule has 112 valence electrons. The minimum atomic E-state index is 0.665. The summed E-state index contributed by atoms with van der Waals surface area (Å²) in [5.74, 6) is 2.48. The Morgan fingerprint density at radius 3 is 2.73 bits per heavy atom. The number of nitrogens with one attached hydrogen (secondary N) is 1. The van der Waals surface area contributed by atoms with E-state index in [4.69, 9.17) is 21.3 Å². The molecule has 2 aromatic carbocycles. The van der Waals surface area contributed by atoms with Crippen LogP contribution in [0.15, 0.2) is 47.5 Å². The highest BCUT2D eigenvalue weighted by Crippen LogP contribution is 2.38. The zero-order valence-electron chi connectivity index (χ0n) is 12.1. The Hall–Kier alpha value is -2.04. The highest BCUT2D eigenvalue weighted by atomic mass is 35.5. The van der Waals surface area contributed by atoms with Gasteiger partial charge in [0, 0.05) is 37.3 Å². The summed E-state index contributed by atoms with van der Waals surface area (Å²) in [7, 11) is 0. The van der Waals surface area contributed by atoms with Crippen molar-refractivity contribution in [2.75, 3.05) is 26.2 Å². The zero-order valence-corrected chi connectivity index (χ0v) is 12.8. The Morgan fingerprint density at radius 2 is 1.86 bits per heavy atom. The van der Waals surface area contributed by atoms with Crippen molar-refractivity contribution in [3.63, 3.8) is 0 Å². The summed E-state index contributed by atoms with van der Waals surface area (Å²) in [5, 5.41) is 4.04. The largest absolute Gasteiger partial charge is 0.454 e. The fourth-order valence-corrected chi connectivity index (χ4v) is 2.97. The first kappa shape index (κ1) is 13.6. The molecule has 0 spiro atoms. The summed E-state index contributed by atoms with van der Waals surface area (Å²) >= 11 is 6.15. The quantitative estimate of drug-likeness (QED) is 0.809. The summed E-state index contributed by atoms with van der Waals surface area (Å²) in [4.78, 5) is 7.18. The molecule has 0 unspecified atom stereocenters. The number of fused-ring (bicyclic) bond motifs is 2. The van der Waals surface area contributed by atoms with Gasteiger partial charge in [-0.2, -0.15) is 0 Å². The normalized spacial score (nSPS) is 17.0. The summed E-state index contributed by atoms with van der Waals surface area (Å²) in [6.45, 7) is 3.79. The molecule has 2 aliphatic rings. The Labute approximate surface area is 134 Å². The number of amidine groups is 1. The van der Waals surface area contributed by atoms with E-state index in [0.29, 0.717) is 5.02 Å². The lowest BCUT2D eigenvalue weighted by atomic mass is 10.1. The van der Waals surface area contributed by atoms with Crippen LogP contribution in [0.4, 0.5) is 5.69 Å². The lowest BCUT2D eigenvalue weighted by Crippen LogP contribution is -2.46. The van der Waals surface area contributed by atoms with E-state index in [1.165, 1.54) is 0 Å². The van der Waals surface area contributed by atoms with Crippen molar-refractivity contribution >= 4 is 23.1 Å². The molecule has 0 aliphatic carbocycles. The number of piperazine rings is 1. The number of hydrogen-bond donors (Lipinski definition) is 1. The lowest BCUT2D eigenvalue weighted by molar-refractivity contribution is 0.357. The number of hydrogen-bond acceptors (Lipinski definition) is 4. The monoisotopic (exact) mass is 313 g/mol. The third-order valence-corrected chi connectivity index (χ3v) is 4.15. The molecule has 1 fully saturated rings. The van der Waals surface area contributed by atoms with E-state index in [9.17, 15) is 0 Å². The van der Waals surface area contributed by atoms with Gasteiger partial charge in [0.05, 0.1) is 5.56 Å². The fourth-order valence-electron chi connectivity index (χ4n) is 2.81. The van der Waals surface area contributed by atoms with Gasteiger partial charge in [0.2, 0.25) is 0 Å². The van der Waals surface area contributed by atoms with Gasteiger partial charge in [0.1, 0.15) is 17.3 Å². The zero-order chi connectivity index (χ0) is 14.9. The topological polar surface area (TPSA) is 36.9 Å². The van der Waals surface area contributed by atoms with E-state index < -0.39 is 0 Å². The van der Waals surface area contributed by atoms with Gasteiger partial charge in [-0.25, -0.2) is 4.99 Å². The minimum absolute atomic E-state index is 0.665. The average molecular weight is 314 g/mol. The number of para-hydroxylation sites is 2. The summed E-state index contributed by atoms with van der Waals surface area (Å²) in [6, 6.07) is 13.6. The Bertz CT molecular complexity index is 738. The minimum Gasteiger partial charge on any atom is -0.454 e. The summed E-state index contributed by atoms with van der Waals surface area (Å²) in [6.07, 6.45) is 0. The maximum Gasteiger partial charge on any atom is 0.153 e. The lowest BCUT2D eigenvalue weighted by Gasteiger charge is -2.30. The van der Waals surface area contributed by atoms with Crippen LogP contribution in [-0.4, -0.2) is 36.9 Å².